The van der Waals surface area contributed by atoms with E-state index in [-0.39, 0.29) is 11.6 Å². The van der Waals surface area contributed by atoms with Gasteiger partial charge >= 0.3 is 0 Å². The van der Waals surface area contributed by atoms with Crippen molar-refractivity contribution in [2.75, 3.05) is 11.5 Å². The quantitative estimate of drug-likeness (QED) is 0.672. The van der Waals surface area contributed by atoms with Crippen LogP contribution in [0, 0.1) is 0 Å². The fourth-order valence-electron chi connectivity index (χ4n) is 2.98. The van der Waals surface area contributed by atoms with Crippen molar-refractivity contribution in [2.24, 2.45) is 0 Å². The fourth-order valence-corrected chi connectivity index (χ4v) is 3.79. The number of phenols is 1. The average molecular weight is 336 g/mol. The molecule has 0 radical (unpaired) electrons. The van der Waals surface area contributed by atoms with Gasteiger partial charge in [-0.25, -0.2) is 0 Å². The second-order valence-corrected chi connectivity index (χ2v) is 6.56. The number of furan rings is 1. The molecule has 0 spiro atoms. The summed E-state index contributed by atoms with van der Waals surface area (Å²) in [6.45, 7) is 0. The number of thiophene rings is 1. The van der Waals surface area contributed by atoms with Crippen molar-refractivity contribution in [1.29, 1.82) is 0 Å². The Morgan fingerprint density at radius 3 is 2.71 bits per heavy atom. The van der Waals surface area contributed by atoms with Crippen LogP contribution in [0.1, 0.15) is 16.9 Å². The van der Waals surface area contributed by atoms with E-state index in [9.17, 15) is 5.11 Å². The van der Waals surface area contributed by atoms with Gasteiger partial charge in [0.05, 0.1) is 5.22 Å². The Hall–Kier alpha value is -2.92. The van der Waals surface area contributed by atoms with Crippen LogP contribution in [0.2, 0.25) is 0 Å². The van der Waals surface area contributed by atoms with Crippen LogP contribution in [0.4, 0.5) is 11.6 Å². The highest BCUT2D eigenvalue weighted by molar-refractivity contribution is 7.11. The number of phenolic OH excluding ortho intramolecular Hbond substituents is 1. The molecule has 120 valence electrons. The van der Waals surface area contributed by atoms with Gasteiger partial charge in [0.2, 0.25) is 5.88 Å². The van der Waals surface area contributed by atoms with E-state index in [2.05, 4.69) is 6.07 Å². The summed E-state index contributed by atoms with van der Waals surface area (Å²) in [4.78, 5) is 1.10. The van der Waals surface area contributed by atoms with Gasteiger partial charge in [0, 0.05) is 16.0 Å². The molecule has 4 rings (SSSR count). The molecule has 1 aliphatic carbocycles. The van der Waals surface area contributed by atoms with E-state index in [0.717, 1.165) is 26.8 Å². The molecule has 0 unspecified atom stereocenters. The zero-order valence-electron chi connectivity index (χ0n) is 12.8. The van der Waals surface area contributed by atoms with Crippen LogP contribution in [0.15, 0.2) is 51.8 Å². The molecule has 0 bridgehead atoms. The SMILES string of the molecule is Nc1oc2c(c1N)=C(c1cccs1)C(=Cc1ccccc1O)CC=2. The van der Waals surface area contributed by atoms with Crippen molar-refractivity contribution in [3.63, 3.8) is 0 Å². The topological polar surface area (TPSA) is 85.4 Å². The van der Waals surface area contributed by atoms with Gasteiger partial charge in [-0.3, -0.25) is 0 Å². The number of rotatable bonds is 2. The number of nitrogens with two attached hydrogens (primary N) is 2. The smallest absolute Gasteiger partial charge is 0.214 e. The van der Waals surface area contributed by atoms with Gasteiger partial charge in [0.25, 0.3) is 0 Å². The third kappa shape index (κ3) is 2.30. The minimum atomic E-state index is 0.245. The third-order valence-electron chi connectivity index (χ3n) is 4.11. The Morgan fingerprint density at radius 2 is 1.96 bits per heavy atom. The lowest BCUT2D eigenvalue weighted by atomic mass is 9.93. The highest BCUT2D eigenvalue weighted by atomic mass is 32.1. The van der Waals surface area contributed by atoms with Crippen molar-refractivity contribution in [2.45, 2.75) is 6.42 Å². The second kappa shape index (κ2) is 5.62. The summed E-state index contributed by atoms with van der Waals surface area (Å²) < 4.78 is 5.59. The van der Waals surface area contributed by atoms with Crippen LogP contribution < -0.4 is 22.1 Å². The minimum absolute atomic E-state index is 0.245. The molecule has 5 heteroatoms. The molecule has 0 fully saturated rings. The fraction of sp³-hybridized carbons (Fsp3) is 0.0526. The van der Waals surface area contributed by atoms with E-state index in [4.69, 9.17) is 15.9 Å². The molecular weight excluding hydrogens is 320 g/mol. The summed E-state index contributed by atoms with van der Waals surface area (Å²) in [5, 5.41) is 12.9. The van der Waals surface area contributed by atoms with Crippen LogP contribution in [0.3, 0.4) is 0 Å². The van der Waals surface area contributed by atoms with Gasteiger partial charge in [0.1, 0.15) is 16.9 Å². The zero-order valence-corrected chi connectivity index (χ0v) is 13.6. The molecule has 1 aliphatic rings. The van der Waals surface area contributed by atoms with E-state index in [1.807, 2.05) is 35.7 Å². The highest BCUT2D eigenvalue weighted by Gasteiger charge is 2.19. The lowest BCUT2D eigenvalue weighted by Crippen LogP contribution is -2.29. The van der Waals surface area contributed by atoms with Crippen molar-refractivity contribution in [3.8, 4) is 5.75 Å². The normalized spacial score (nSPS) is 15.3. The van der Waals surface area contributed by atoms with Gasteiger partial charge < -0.3 is 21.0 Å². The number of aromatic hydroxyl groups is 1. The second-order valence-electron chi connectivity index (χ2n) is 5.61. The first kappa shape index (κ1) is 14.7. The van der Waals surface area contributed by atoms with Crippen molar-refractivity contribution in [3.05, 3.63) is 68.4 Å². The molecular formula is C19H16N2O2S. The van der Waals surface area contributed by atoms with Crippen molar-refractivity contribution < 1.29 is 9.52 Å². The molecule has 3 aromatic rings. The van der Waals surface area contributed by atoms with Gasteiger partial charge in [-0.05, 0) is 41.7 Å². The maximum atomic E-state index is 10.1. The van der Waals surface area contributed by atoms with Crippen LogP contribution in [0.5, 0.6) is 5.75 Å². The van der Waals surface area contributed by atoms with Crippen molar-refractivity contribution in [1.82, 2.24) is 0 Å². The number of para-hydroxylation sites is 1. The molecule has 0 amide bonds. The lowest BCUT2D eigenvalue weighted by Gasteiger charge is -2.13. The Bertz CT molecular complexity index is 1060. The molecule has 0 saturated carbocycles. The molecule has 2 aromatic heterocycles. The predicted molar refractivity (Wildman–Crippen MR) is 98.8 cm³/mol. The Labute approximate surface area is 142 Å². The molecule has 0 atom stereocenters. The summed E-state index contributed by atoms with van der Waals surface area (Å²) in [5.74, 6) is 0.495. The zero-order chi connectivity index (χ0) is 16.7. The van der Waals surface area contributed by atoms with E-state index in [1.54, 1.807) is 23.5 Å². The number of hydrogen-bond donors (Lipinski definition) is 3. The Kier molecular flexibility index (Phi) is 3.43. The number of nitrogen functional groups attached to an aromatic ring is 2. The highest BCUT2D eigenvalue weighted by Crippen LogP contribution is 2.32. The summed E-state index contributed by atoms with van der Waals surface area (Å²) in [6, 6.07) is 11.3. The standard InChI is InChI=1S/C19H16N2O2S/c20-18-17-14(23-19(18)21)8-7-12(16(17)15-6-3-9-24-15)10-11-4-1-2-5-13(11)22/h1-6,8-10,22H,7,20-21H2. The monoisotopic (exact) mass is 336 g/mol. The number of allylic oxidation sites excluding steroid dienone is 1. The lowest BCUT2D eigenvalue weighted by molar-refractivity contribution is 0.474. The molecule has 2 heterocycles. The summed E-state index contributed by atoms with van der Waals surface area (Å²) >= 11 is 1.64. The largest absolute Gasteiger partial charge is 0.507 e. The van der Waals surface area contributed by atoms with Crippen molar-refractivity contribution >= 4 is 40.6 Å². The van der Waals surface area contributed by atoms with Crippen LogP contribution in [0.25, 0.3) is 17.7 Å². The molecule has 1 aromatic carbocycles. The number of hydrogen-bond acceptors (Lipinski definition) is 5. The van der Waals surface area contributed by atoms with Crippen LogP contribution in [-0.2, 0) is 0 Å². The first-order chi connectivity index (χ1) is 11.6. The Balaban J connectivity index is 2.04. The summed E-state index contributed by atoms with van der Waals surface area (Å²) in [6.07, 6.45) is 4.65. The van der Waals surface area contributed by atoms with E-state index < -0.39 is 0 Å². The van der Waals surface area contributed by atoms with Gasteiger partial charge in [-0.2, -0.15) is 0 Å². The van der Waals surface area contributed by atoms with Gasteiger partial charge in [-0.15, -0.1) is 11.3 Å². The summed E-state index contributed by atoms with van der Waals surface area (Å²) in [5.41, 5.74) is 16.1. The molecule has 0 aliphatic heterocycles. The summed E-state index contributed by atoms with van der Waals surface area (Å²) in [7, 11) is 0. The average Bonchev–Trinajstić information content (AvgIpc) is 3.19. The molecule has 5 N–H and O–H groups in total. The van der Waals surface area contributed by atoms with Crippen LogP contribution in [-0.4, -0.2) is 5.11 Å². The number of anilines is 2. The predicted octanol–water partition coefficient (Wildman–Crippen LogP) is 2.68. The van der Waals surface area contributed by atoms with E-state index in [0.29, 0.717) is 17.5 Å². The maximum absolute atomic E-state index is 10.1. The maximum Gasteiger partial charge on any atom is 0.214 e. The first-order valence-corrected chi connectivity index (χ1v) is 8.44. The van der Waals surface area contributed by atoms with Gasteiger partial charge in [0.15, 0.2) is 0 Å². The Morgan fingerprint density at radius 1 is 1.12 bits per heavy atom. The van der Waals surface area contributed by atoms with E-state index >= 15 is 0 Å². The number of benzene rings is 1. The first-order valence-electron chi connectivity index (χ1n) is 7.56. The van der Waals surface area contributed by atoms with Crippen LogP contribution >= 0.6 is 11.3 Å². The van der Waals surface area contributed by atoms with Gasteiger partial charge in [-0.1, -0.05) is 24.3 Å². The van der Waals surface area contributed by atoms with E-state index in [1.165, 1.54) is 0 Å². The molecule has 0 saturated heterocycles. The molecule has 4 nitrogen and oxygen atoms in total. The molecule has 24 heavy (non-hydrogen) atoms. The third-order valence-corrected chi connectivity index (χ3v) is 5.00. The number of fused-ring (bicyclic) bond motifs is 1. The minimum Gasteiger partial charge on any atom is -0.507 e.